The van der Waals surface area contributed by atoms with E-state index in [0.29, 0.717) is 6.54 Å². The molecule has 0 aliphatic carbocycles. The van der Waals surface area contributed by atoms with Gasteiger partial charge >= 0.3 is 6.18 Å². The molecule has 2 rings (SSSR count). The summed E-state index contributed by atoms with van der Waals surface area (Å²) in [6.45, 7) is 3.07. The Balaban J connectivity index is 2.23. The minimum atomic E-state index is -4.28. The van der Waals surface area contributed by atoms with Gasteiger partial charge in [-0.05, 0) is 43.5 Å². The third-order valence-corrected chi connectivity index (χ3v) is 3.34. The van der Waals surface area contributed by atoms with Crippen LogP contribution in [0.15, 0.2) is 18.2 Å². The summed E-state index contributed by atoms with van der Waals surface area (Å²) in [5.41, 5.74) is 6.41. The first kappa shape index (κ1) is 13.2. The molecule has 1 saturated heterocycles. The van der Waals surface area contributed by atoms with E-state index in [1.165, 1.54) is 13.0 Å². The number of nitrogens with two attached hydrogens (primary N) is 1. The zero-order valence-corrected chi connectivity index (χ0v) is 10.3. The Bertz CT molecular complexity index is 429. The molecule has 0 amide bonds. The van der Waals surface area contributed by atoms with Crippen molar-refractivity contribution in [2.75, 3.05) is 18.0 Å². The van der Waals surface area contributed by atoms with Gasteiger partial charge in [-0.2, -0.15) is 13.2 Å². The van der Waals surface area contributed by atoms with E-state index in [-0.39, 0.29) is 11.6 Å². The summed E-state index contributed by atoms with van der Waals surface area (Å²) in [5, 5.41) is 0. The molecule has 1 aromatic rings. The van der Waals surface area contributed by atoms with Crippen LogP contribution in [0.1, 0.15) is 24.0 Å². The predicted molar refractivity (Wildman–Crippen MR) is 65.6 cm³/mol. The molecule has 5 heteroatoms. The van der Waals surface area contributed by atoms with E-state index in [0.717, 1.165) is 31.1 Å². The molecule has 1 aliphatic rings. The van der Waals surface area contributed by atoms with E-state index < -0.39 is 11.7 Å². The second-order valence-corrected chi connectivity index (χ2v) is 4.85. The maximum Gasteiger partial charge on any atom is 0.416 e. The standard InChI is InChI=1S/C13H17F3N2/c1-9-7-11(4-5-12(9)13(14,15)16)18-6-2-3-10(17)8-18/h4-5,7,10H,2-3,6,8,17H2,1H3. The zero-order chi connectivity index (χ0) is 13.3. The molecule has 100 valence electrons. The zero-order valence-electron chi connectivity index (χ0n) is 10.3. The van der Waals surface area contributed by atoms with Crippen molar-refractivity contribution in [3.63, 3.8) is 0 Å². The molecule has 1 unspecified atom stereocenters. The SMILES string of the molecule is Cc1cc(N2CCCC(N)C2)ccc1C(F)(F)F. The molecular weight excluding hydrogens is 241 g/mol. The summed E-state index contributed by atoms with van der Waals surface area (Å²) < 4.78 is 38.0. The van der Waals surface area contributed by atoms with Crippen molar-refractivity contribution in [2.24, 2.45) is 5.73 Å². The molecule has 2 N–H and O–H groups in total. The van der Waals surface area contributed by atoms with Gasteiger partial charge < -0.3 is 10.6 Å². The van der Waals surface area contributed by atoms with Crippen molar-refractivity contribution in [1.29, 1.82) is 0 Å². The minimum Gasteiger partial charge on any atom is -0.370 e. The molecule has 0 spiro atoms. The van der Waals surface area contributed by atoms with Gasteiger partial charge in [0.15, 0.2) is 0 Å². The molecule has 1 aliphatic heterocycles. The van der Waals surface area contributed by atoms with Crippen molar-refractivity contribution in [2.45, 2.75) is 32.0 Å². The molecule has 1 heterocycles. The first-order valence-electron chi connectivity index (χ1n) is 6.06. The lowest BCUT2D eigenvalue weighted by molar-refractivity contribution is -0.138. The fraction of sp³-hybridized carbons (Fsp3) is 0.538. The highest BCUT2D eigenvalue weighted by atomic mass is 19.4. The summed E-state index contributed by atoms with van der Waals surface area (Å²) in [7, 11) is 0. The van der Waals surface area contributed by atoms with Gasteiger partial charge in [0.2, 0.25) is 0 Å². The van der Waals surface area contributed by atoms with Crippen molar-refractivity contribution in [3.05, 3.63) is 29.3 Å². The first-order chi connectivity index (χ1) is 8.38. The van der Waals surface area contributed by atoms with Gasteiger partial charge in [0.05, 0.1) is 5.56 Å². The summed E-state index contributed by atoms with van der Waals surface area (Å²) in [6, 6.07) is 4.40. The molecular formula is C13H17F3N2. The van der Waals surface area contributed by atoms with Gasteiger partial charge in [0, 0.05) is 24.8 Å². The van der Waals surface area contributed by atoms with E-state index in [1.54, 1.807) is 6.07 Å². The first-order valence-corrected chi connectivity index (χ1v) is 6.06. The Morgan fingerprint density at radius 1 is 1.33 bits per heavy atom. The fourth-order valence-electron chi connectivity index (χ4n) is 2.41. The quantitative estimate of drug-likeness (QED) is 0.839. The van der Waals surface area contributed by atoms with Crippen molar-refractivity contribution in [3.8, 4) is 0 Å². The Morgan fingerprint density at radius 2 is 2.06 bits per heavy atom. The van der Waals surface area contributed by atoms with Crippen LogP contribution < -0.4 is 10.6 Å². The summed E-state index contributed by atoms with van der Waals surface area (Å²) in [6.07, 6.45) is -2.31. The number of aryl methyl sites for hydroxylation is 1. The number of piperidine rings is 1. The second-order valence-electron chi connectivity index (χ2n) is 4.85. The Morgan fingerprint density at radius 3 is 2.61 bits per heavy atom. The van der Waals surface area contributed by atoms with Gasteiger partial charge in [-0.15, -0.1) is 0 Å². The Labute approximate surface area is 105 Å². The highest BCUT2D eigenvalue weighted by Crippen LogP contribution is 2.33. The Hall–Kier alpha value is -1.23. The van der Waals surface area contributed by atoms with Crippen LogP contribution in [0.25, 0.3) is 0 Å². The molecule has 0 bridgehead atoms. The number of benzene rings is 1. The summed E-state index contributed by atoms with van der Waals surface area (Å²) in [5.74, 6) is 0. The van der Waals surface area contributed by atoms with Crippen LogP contribution >= 0.6 is 0 Å². The van der Waals surface area contributed by atoms with Crippen molar-refractivity contribution < 1.29 is 13.2 Å². The van der Waals surface area contributed by atoms with Crippen LogP contribution in [-0.2, 0) is 6.18 Å². The molecule has 0 radical (unpaired) electrons. The monoisotopic (exact) mass is 258 g/mol. The number of nitrogens with zero attached hydrogens (tertiary/aromatic N) is 1. The average molecular weight is 258 g/mol. The number of anilines is 1. The molecule has 1 aromatic carbocycles. The van der Waals surface area contributed by atoms with Crippen LogP contribution in [-0.4, -0.2) is 19.1 Å². The molecule has 1 fully saturated rings. The maximum atomic E-state index is 12.7. The molecule has 1 atom stereocenters. The van der Waals surface area contributed by atoms with Gasteiger partial charge in [0.25, 0.3) is 0 Å². The van der Waals surface area contributed by atoms with Gasteiger partial charge in [-0.1, -0.05) is 0 Å². The number of hydrogen-bond donors (Lipinski definition) is 1. The van der Waals surface area contributed by atoms with E-state index in [1.807, 2.05) is 0 Å². The highest BCUT2D eigenvalue weighted by Gasteiger charge is 2.32. The van der Waals surface area contributed by atoms with E-state index in [2.05, 4.69) is 4.90 Å². The molecule has 2 nitrogen and oxygen atoms in total. The van der Waals surface area contributed by atoms with Gasteiger partial charge in [-0.3, -0.25) is 0 Å². The maximum absolute atomic E-state index is 12.7. The normalized spacial score (nSPS) is 21.2. The van der Waals surface area contributed by atoms with Gasteiger partial charge in [0.1, 0.15) is 0 Å². The van der Waals surface area contributed by atoms with E-state index >= 15 is 0 Å². The lowest BCUT2D eigenvalue weighted by atomic mass is 10.0. The number of hydrogen-bond acceptors (Lipinski definition) is 2. The lowest BCUT2D eigenvalue weighted by Gasteiger charge is -2.33. The average Bonchev–Trinajstić information content (AvgIpc) is 2.27. The topological polar surface area (TPSA) is 29.3 Å². The summed E-state index contributed by atoms with van der Waals surface area (Å²) >= 11 is 0. The van der Waals surface area contributed by atoms with Crippen molar-refractivity contribution >= 4 is 5.69 Å². The van der Waals surface area contributed by atoms with E-state index in [4.69, 9.17) is 5.73 Å². The Kier molecular flexibility index (Phi) is 3.52. The number of alkyl halides is 3. The third-order valence-electron chi connectivity index (χ3n) is 3.34. The van der Waals surface area contributed by atoms with Crippen LogP contribution in [0.3, 0.4) is 0 Å². The van der Waals surface area contributed by atoms with Crippen LogP contribution in [0.2, 0.25) is 0 Å². The fourth-order valence-corrected chi connectivity index (χ4v) is 2.41. The molecule has 0 aromatic heterocycles. The lowest BCUT2D eigenvalue weighted by Crippen LogP contribution is -2.42. The highest BCUT2D eigenvalue weighted by molar-refractivity contribution is 5.51. The largest absolute Gasteiger partial charge is 0.416 e. The third kappa shape index (κ3) is 2.77. The predicted octanol–water partition coefficient (Wildman–Crippen LogP) is 2.94. The minimum absolute atomic E-state index is 0.112. The summed E-state index contributed by atoms with van der Waals surface area (Å²) in [4.78, 5) is 2.06. The smallest absolute Gasteiger partial charge is 0.370 e. The molecule has 18 heavy (non-hydrogen) atoms. The number of halogens is 3. The van der Waals surface area contributed by atoms with Crippen LogP contribution in [0.5, 0.6) is 0 Å². The van der Waals surface area contributed by atoms with Gasteiger partial charge in [-0.25, -0.2) is 0 Å². The second kappa shape index (κ2) is 4.80. The van der Waals surface area contributed by atoms with Crippen LogP contribution in [0.4, 0.5) is 18.9 Å². The molecule has 0 saturated carbocycles. The van der Waals surface area contributed by atoms with Crippen molar-refractivity contribution in [1.82, 2.24) is 0 Å². The number of rotatable bonds is 1. The van der Waals surface area contributed by atoms with Crippen LogP contribution in [0, 0.1) is 6.92 Å². The van der Waals surface area contributed by atoms with E-state index in [9.17, 15) is 13.2 Å².